The van der Waals surface area contributed by atoms with Crippen molar-refractivity contribution in [2.45, 2.75) is 19.8 Å². The molecule has 144 valence electrons. The highest BCUT2D eigenvalue weighted by Crippen LogP contribution is 2.21. The fourth-order valence-corrected chi connectivity index (χ4v) is 2.79. The van der Waals surface area contributed by atoms with Crippen LogP contribution in [0.2, 0.25) is 0 Å². The number of pyridine rings is 1. The SMILES string of the molecule is CC(C)c1ccc(Nc2ccnc(C(=O)Nc3ccc(N(C)C)cc3)c2)cc1. The van der Waals surface area contributed by atoms with Crippen LogP contribution in [0.3, 0.4) is 0 Å². The van der Waals surface area contributed by atoms with Gasteiger partial charge >= 0.3 is 0 Å². The van der Waals surface area contributed by atoms with Gasteiger partial charge in [-0.2, -0.15) is 0 Å². The van der Waals surface area contributed by atoms with Gasteiger partial charge in [0, 0.05) is 43.0 Å². The molecule has 0 aliphatic carbocycles. The van der Waals surface area contributed by atoms with Gasteiger partial charge in [0.1, 0.15) is 5.69 Å². The Morgan fingerprint density at radius 1 is 0.893 bits per heavy atom. The summed E-state index contributed by atoms with van der Waals surface area (Å²) < 4.78 is 0. The van der Waals surface area contributed by atoms with Crippen molar-refractivity contribution < 1.29 is 4.79 Å². The van der Waals surface area contributed by atoms with E-state index in [9.17, 15) is 4.79 Å². The lowest BCUT2D eigenvalue weighted by Crippen LogP contribution is -2.14. The molecule has 28 heavy (non-hydrogen) atoms. The summed E-state index contributed by atoms with van der Waals surface area (Å²) in [4.78, 5) is 18.8. The van der Waals surface area contributed by atoms with E-state index >= 15 is 0 Å². The van der Waals surface area contributed by atoms with Crippen LogP contribution < -0.4 is 15.5 Å². The van der Waals surface area contributed by atoms with E-state index in [0.717, 1.165) is 22.7 Å². The Bertz CT molecular complexity index is 932. The number of carbonyl (C=O) groups excluding carboxylic acids is 1. The van der Waals surface area contributed by atoms with Gasteiger partial charge in [0.15, 0.2) is 0 Å². The molecule has 0 atom stereocenters. The molecule has 0 bridgehead atoms. The minimum absolute atomic E-state index is 0.239. The minimum atomic E-state index is -0.239. The maximum Gasteiger partial charge on any atom is 0.274 e. The molecule has 0 aliphatic heterocycles. The molecule has 3 rings (SSSR count). The normalized spacial score (nSPS) is 10.6. The first-order valence-corrected chi connectivity index (χ1v) is 9.34. The van der Waals surface area contributed by atoms with Gasteiger partial charge in [0.25, 0.3) is 5.91 Å². The summed E-state index contributed by atoms with van der Waals surface area (Å²) >= 11 is 0. The largest absolute Gasteiger partial charge is 0.378 e. The Balaban J connectivity index is 1.68. The minimum Gasteiger partial charge on any atom is -0.378 e. The van der Waals surface area contributed by atoms with Gasteiger partial charge in [-0.15, -0.1) is 0 Å². The molecule has 2 aromatic carbocycles. The summed E-state index contributed by atoms with van der Waals surface area (Å²) in [6.07, 6.45) is 1.63. The molecule has 1 heterocycles. The summed E-state index contributed by atoms with van der Waals surface area (Å²) in [5.74, 6) is 0.258. The van der Waals surface area contributed by atoms with Crippen molar-refractivity contribution in [2.75, 3.05) is 29.6 Å². The van der Waals surface area contributed by atoms with Gasteiger partial charge in [-0.05, 0) is 60.0 Å². The van der Waals surface area contributed by atoms with E-state index < -0.39 is 0 Å². The molecule has 0 unspecified atom stereocenters. The number of rotatable bonds is 6. The molecule has 2 N–H and O–H groups in total. The van der Waals surface area contributed by atoms with Gasteiger partial charge in [0.2, 0.25) is 0 Å². The van der Waals surface area contributed by atoms with E-state index in [-0.39, 0.29) is 5.91 Å². The number of anilines is 4. The van der Waals surface area contributed by atoms with Crippen LogP contribution in [-0.4, -0.2) is 25.0 Å². The van der Waals surface area contributed by atoms with Crippen molar-refractivity contribution in [3.05, 3.63) is 78.1 Å². The Morgan fingerprint density at radius 2 is 1.54 bits per heavy atom. The van der Waals surface area contributed by atoms with E-state index in [2.05, 4.69) is 41.6 Å². The molecule has 3 aromatic rings. The second-order valence-corrected chi connectivity index (χ2v) is 7.23. The average Bonchev–Trinajstić information content (AvgIpc) is 2.69. The third kappa shape index (κ3) is 4.88. The van der Waals surface area contributed by atoms with Crippen molar-refractivity contribution in [1.29, 1.82) is 0 Å². The van der Waals surface area contributed by atoms with E-state index in [1.165, 1.54) is 5.56 Å². The van der Waals surface area contributed by atoms with Crippen LogP contribution in [0.15, 0.2) is 66.9 Å². The lowest BCUT2D eigenvalue weighted by atomic mass is 10.0. The number of amides is 1. The number of hydrogen-bond donors (Lipinski definition) is 2. The lowest BCUT2D eigenvalue weighted by Gasteiger charge is -2.13. The smallest absolute Gasteiger partial charge is 0.274 e. The van der Waals surface area contributed by atoms with E-state index in [1.54, 1.807) is 12.3 Å². The molecule has 1 amide bonds. The Labute approximate surface area is 166 Å². The number of nitrogens with zero attached hydrogens (tertiary/aromatic N) is 2. The number of aromatic nitrogens is 1. The highest BCUT2D eigenvalue weighted by Gasteiger charge is 2.09. The topological polar surface area (TPSA) is 57.3 Å². The standard InChI is InChI=1S/C23H26N4O/c1-16(2)17-5-7-18(8-6-17)25-20-13-14-24-22(15-20)23(28)26-19-9-11-21(12-10-19)27(3)4/h5-16H,1-4H3,(H,24,25)(H,26,28). The quantitative estimate of drug-likeness (QED) is 0.617. The van der Waals surface area contributed by atoms with Crippen molar-refractivity contribution in [2.24, 2.45) is 0 Å². The van der Waals surface area contributed by atoms with Gasteiger partial charge in [0.05, 0.1) is 0 Å². The molecule has 0 saturated carbocycles. The predicted octanol–water partition coefficient (Wildman–Crippen LogP) is 5.27. The van der Waals surface area contributed by atoms with Crippen LogP contribution >= 0.6 is 0 Å². The maximum absolute atomic E-state index is 12.5. The third-order valence-corrected chi connectivity index (χ3v) is 4.50. The predicted molar refractivity (Wildman–Crippen MR) is 117 cm³/mol. The summed E-state index contributed by atoms with van der Waals surface area (Å²) in [6.45, 7) is 4.34. The molecule has 0 saturated heterocycles. The van der Waals surface area contributed by atoms with Crippen molar-refractivity contribution in [3.63, 3.8) is 0 Å². The molecule has 0 aliphatic rings. The lowest BCUT2D eigenvalue weighted by molar-refractivity contribution is 0.102. The fourth-order valence-electron chi connectivity index (χ4n) is 2.79. The third-order valence-electron chi connectivity index (χ3n) is 4.50. The van der Waals surface area contributed by atoms with Gasteiger partial charge in [-0.3, -0.25) is 9.78 Å². The van der Waals surface area contributed by atoms with E-state index in [0.29, 0.717) is 11.6 Å². The van der Waals surface area contributed by atoms with E-state index in [4.69, 9.17) is 0 Å². The first kappa shape index (κ1) is 19.4. The zero-order chi connectivity index (χ0) is 20.1. The van der Waals surface area contributed by atoms with Crippen LogP contribution in [0.25, 0.3) is 0 Å². The number of nitrogens with one attached hydrogen (secondary N) is 2. The first-order chi connectivity index (χ1) is 13.4. The maximum atomic E-state index is 12.5. The zero-order valence-corrected chi connectivity index (χ0v) is 16.7. The van der Waals surface area contributed by atoms with Crippen molar-refractivity contribution in [3.8, 4) is 0 Å². The molecule has 0 fully saturated rings. The molecular formula is C23H26N4O. The number of hydrogen-bond acceptors (Lipinski definition) is 4. The van der Waals surface area contributed by atoms with Crippen LogP contribution in [0.5, 0.6) is 0 Å². The number of benzene rings is 2. The molecular weight excluding hydrogens is 348 g/mol. The molecule has 5 heteroatoms. The summed E-state index contributed by atoms with van der Waals surface area (Å²) in [7, 11) is 3.96. The van der Waals surface area contributed by atoms with Crippen LogP contribution in [-0.2, 0) is 0 Å². The fraction of sp³-hybridized carbons (Fsp3) is 0.217. The summed E-state index contributed by atoms with van der Waals surface area (Å²) in [5, 5.41) is 6.21. The van der Waals surface area contributed by atoms with Gasteiger partial charge < -0.3 is 15.5 Å². The van der Waals surface area contributed by atoms with Crippen LogP contribution in [0.1, 0.15) is 35.8 Å². The second kappa shape index (κ2) is 8.57. The highest BCUT2D eigenvalue weighted by molar-refractivity contribution is 6.03. The molecule has 0 radical (unpaired) electrons. The van der Waals surface area contributed by atoms with Gasteiger partial charge in [-0.1, -0.05) is 26.0 Å². The van der Waals surface area contributed by atoms with Crippen molar-refractivity contribution in [1.82, 2.24) is 4.98 Å². The second-order valence-electron chi connectivity index (χ2n) is 7.23. The van der Waals surface area contributed by atoms with Crippen LogP contribution in [0.4, 0.5) is 22.7 Å². The van der Waals surface area contributed by atoms with Crippen molar-refractivity contribution >= 4 is 28.7 Å². The molecule has 1 aromatic heterocycles. The monoisotopic (exact) mass is 374 g/mol. The summed E-state index contributed by atoms with van der Waals surface area (Å²) in [6, 6.07) is 19.6. The van der Waals surface area contributed by atoms with Gasteiger partial charge in [-0.25, -0.2) is 0 Å². The van der Waals surface area contributed by atoms with Crippen LogP contribution in [0, 0.1) is 0 Å². The Kier molecular flexibility index (Phi) is 5.94. The molecule has 5 nitrogen and oxygen atoms in total. The highest BCUT2D eigenvalue weighted by atomic mass is 16.1. The zero-order valence-electron chi connectivity index (χ0n) is 16.7. The first-order valence-electron chi connectivity index (χ1n) is 9.34. The summed E-state index contributed by atoms with van der Waals surface area (Å²) in [5.41, 5.74) is 5.26. The number of carbonyl (C=O) groups is 1. The average molecular weight is 374 g/mol. The Hall–Kier alpha value is -3.34. The molecule has 0 spiro atoms. The van der Waals surface area contributed by atoms with E-state index in [1.807, 2.05) is 61.5 Å². The Morgan fingerprint density at radius 3 is 2.14 bits per heavy atom.